The topological polar surface area (TPSA) is 50.7 Å². The molecule has 0 aliphatic heterocycles. The predicted molar refractivity (Wildman–Crippen MR) is 58.9 cm³/mol. The molecule has 4 nitrogen and oxygen atoms in total. The molecule has 0 spiro atoms. The molecule has 0 atom stereocenters. The SMILES string of the molecule is CCOC(=O)N/N=C/c1ccccc1C. The molecule has 0 aliphatic rings. The number of nitrogens with zero attached hydrogens (tertiary/aromatic N) is 1. The van der Waals surface area contributed by atoms with Crippen molar-refractivity contribution in [1.29, 1.82) is 0 Å². The number of hydrogen-bond acceptors (Lipinski definition) is 3. The summed E-state index contributed by atoms with van der Waals surface area (Å²) in [5.74, 6) is 0. The van der Waals surface area contributed by atoms with E-state index >= 15 is 0 Å². The van der Waals surface area contributed by atoms with Crippen LogP contribution >= 0.6 is 0 Å². The molecular weight excluding hydrogens is 192 g/mol. The first-order valence-electron chi connectivity index (χ1n) is 4.75. The molecule has 1 aromatic carbocycles. The Morgan fingerprint density at radius 2 is 2.27 bits per heavy atom. The van der Waals surface area contributed by atoms with Gasteiger partial charge in [0.15, 0.2) is 0 Å². The van der Waals surface area contributed by atoms with Gasteiger partial charge in [-0.15, -0.1) is 0 Å². The van der Waals surface area contributed by atoms with Gasteiger partial charge in [-0.1, -0.05) is 24.3 Å². The average molecular weight is 206 g/mol. The third-order valence-electron chi connectivity index (χ3n) is 1.82. The molecule has 0 unspecified atom stereocenters. The molecule has 0 bridgehead atoms. The Morgan fingerprint density at radius 3 is 2.93 bits per heavy atom. The van der Waals surface area contributed by atoms with Crippen molar-refractivity contribution in [3.8, 4) is 0 Å². The molecule has 1 amide bonds. The Labute approximate surface area is 88.9 Å². The highest BCUT2D eigenvalue weighted by Gasteiger charge is 1.96. The number of benzene rings is 1. The van der Waals surface area contributed by atoms with Crippen LogP contribution in [0.5, 0.6) is 0 Å². The third-order valence-corrected chi connectivity index (χ3v) is 1.82. The van der Waals surface area contributed by atoms with Crippen LogP contribution in [0.1, 0.15) is 18.1 Å². The van der Waals surface area contributed by atoms with E-state index in [9.17, 15) is 4.79 Å². The second-order valence-electron chi connectivity index (χ2n) is 2.95. The minimum absolute atomic E-state index is 0.339. The number of carbonyl (C=O) groups excluding carboxylic acids is 1. The summed E-state index contributed by atoms with van der Waals surface area (Å²) in [5.41, 5.74) is 4.34. The van der Waals surface area contributed by atoms with Gasteiger partial charge in [-0.25, -0.2) is 10.2 Å². The fraction of sp³-hybridized carbons (Fsp3) is 0.273. The summed E-state index contributed by atoms with van der Waals surface area (Å²) in [6.07, 6.45) is 1.05. The summed E-state index contributed by atoms with van der Waals surface area (Å²) < 4.78 is 4.65. The molecule has 1 aromatic rings. The van der Waals surface area contributed by atoms with Gasteiger partial charge in [0.2, 0.25) is 0 Å². The van der Waals surface area contributed by atoms with Crippen LogP contribution in [0.3, 0.4) is 0 Å². The molecule has 0 aliphatic carbocycles. The van der Waals surface area contributed by atoms with Crippen LogP contribution in [0.4, 0.5) is 4.79 Å². The molecule has 4 heteroatoms. The van der Waals surface area contributed by atoms with E-state index in [-0.39, 0.29) is 0 Å². The minimum atomic E-state index is -0.540. The maximum atomic E-state index is 10.9. The second-order valence-corrected chi connectivity index (χ2v) is 2.95. The monoisotopic (exact) mass is 206 g/mol. The van der Waals surface area contributed by atoms with E-state index in [2.05, 4.69) is 15.3 Å². The van der Waals surface area contributed by atoms with Gasteiger partial charge in [-0.2, -0.15) is 5.10 Å². The first-order chi connectivity index (χ1) is 7.24. The number of amides is 1. The second kappa shape index (κ2) is 5.80. The number of aryl methyl sites for hydroxylation is 1. The van der Waals surface area contributed by atoms with Gasteiger partial charge in [-0.3, -0.25) is 0 Å². The molecule has 1 rings (SSSR count). The Kier molecular flexibility index (Phi) is 4.34. The zero-order valence-electron chi connectivity index (χ0n) is 8.86. The van der Waals surface area contributed by atoms with Crippen molar-refractivity contribution in [2.45, 2.75) is 13.8 Å². The zero-order chi connectivity index (χ0) is 11.1. The summed E-state index contributed by atoms with van der Waals surface area (Å²) in [7, 11) is 0. The molecule has 0 fully saturated rings. The van der Waals surface area contributed by atoms with Crippen molar-refractivity contribution in [3.63, 3.8) is 0 Å². The van der Waals surface area contributed by atoms with Crippen molar-refractivity contribution < 1.29 is 9.53 Å². The molecule has 0 saturated heterocycles. The minimum Gasteiger partial charge on any atom is -0.449 e. The number of hydrogen-bond donors (Lipinski definition) is 1. The van der Waals surface area contributed by atoms with E-state index in [4.69, 9.17) is 0 Å². The first-order valence-corrected chi connectivity index (χ1v) is 4.75. The standard InChI is InChI=1S/C11H14N2O2/c1-3-15-11(14)13-12-8-10-7-5-4-6-9(10)2/h4-8H,3H2,1-2H3,(H,13,14)/b12-8+. The van der Waals surface area contributed by atoms with E-state index in [1.165, 1.54) is 0 Å². The number of ether oxygens (including phenoxy) is 1. The van der Waals surface area contributed by atoms with Crippen LogP contribution in [-0.2, 0) is 4.74 Å². The molecule has 1 N–H and O–H groups in total. The predicted octanol–water partition coefficient (Wildman–Crippen LogP) is 2.08. The lowest BCUT2D eigenvalue weighted by atomic mass is 10.1. The van der Waals surface area contributed by atoms with Crippen molar-refractivity contribution in [2.75, 3.05) is 6.61 Å². The lowest BCUT2D eigenvalue weighted by molar-refractivity contribution is 0.152. The Bertz CT molecular complexity index is 361. The number of carbonyl (C=O) groups is 1. The van der Waals surface area contributed by atoms with Crippen molar-refractivity contribution >= 4 is 12.3 Å². The zero-order valence-corrected chi connectivity index (χ0v) is 8.86. The quantitative estimate of drug-likeness (QED) is 0.608. The lowest BCUT2D eigenvalue weighted by Crippen LogP contribution is -2.18. The van der Waals surface area contributed by atoms with Gasteiger partial charge in [0.1, 0.15) is 0 Å². The van der Waals surface area contributed by atoms with Crippen LogP contribution in [-0.4, -0.2) is 18.9 Å². The van der Waals surface area contributed by atoms with Gasteiger partial charge in [-0.05, 0) is 25.0 Å². The smallest absolute Gasteiger partial charge is 0.427 e. The van der Waals surface area contributed by atoms with Crippen LogP contribution < -0.4 is 5.43 Å². The van der Waals surface area contributed by atoms with Crippen molar-refractivity contribution in [3.05, 3.63) is 35.4 Å². The van der Waals surface area contributed by atoms with Gasteiger partial charge >= 0.3 is 6.09 Å². The molecule has 15 heavy (non-hydrogen) atoms. The van der Waals surface area contributed by atoms with Crippen molar-refractivity contribution in [1.82, 2.24) is 5.43 Å². The van der Waals surface area contributed by atoms with Crippen LogP contribution in [0.2, 0.25) is 0 Å². The number of rotatable bonds is 3. The van der Waals surface area contributed by atoms with E-state index in [1.54, 1.807) is 13.1 Å². The van der Waals surface area contributed by atoms with E-state index in [0.717, 1.165) is 11.1 Å². The maximum Gasteiger partial charge on any atom is 0.427 e. The fourth-order valence-corrected chi connectivity index (χ4v) is 1.05. The normalized spacial score (nSPS) is 10.3. The molecule has 0 heterocycles. The molecule has 0 saturated carbocycles. The third kappa shape index (κ3) is 3.81. The highest BCUT2D eigenvalue weighted by molar-refractivity contribution is 5.82. The highest BCUT2D eigenvalue weighted by Crippen LogP contribution is 2.02. The molecule has 80 valence electrons. The molecular formula is C11H14N2O2. The van der Waals surface area contributed by atoms with Crippen LogP contribution in [0.25, 0.3) is 0 Å². The largest absolute Gasteiger partial charge is 0.449 e. The number of nitrogens with one attached hydrogen (secondary N) is 1. The molecule has 0 aromatic heterocycles. The highest BCUT2D eigenvalue weighted by atomic mass is 16.5. The Balaban J connectivity index is 2.52. The van der Waals surface area contributed by atoms with E-state index in [0.29, 0.717) is 6.61 Å². The van der Waals surface area contributed by atoms with Crippen LogP contribution in [0.15, 0.2) is 29.4 Å². The van der Waals surface area contributed by atoms with Crippen molar-refractivity contribution in [2.24, 2.45) is 5.10 Å². The summed E-state index contributed by atoms with van der Waals surface area (Å²) in [5, 5.41) is 3.77. The van der Waals surface area contributed by atoms with E-state index < -0.39 is 6.09 Å². The van der Waals surface area contributed by atoms with Gasteiger partial charge in [0.25, 0.3) is 0 Å². The lowest BCUT2D eigenvalue weighted by Gasteiger charge is -2.00. The average Bonchev–Trinajstić information content (AvgIpc) is 2.21. The number of hydrazone groups is 1. The summed E-state index contributed by atoms with van der Waals surface area (Å²) in [6.45, 7) is 4.06. The van der Waals surface area contributed by atoms with Crippen LogP contribution in [0, 0.1) is 6.92 Å². The maximum absolute atomic E-state index is 10.9. The summed E-state index contributed by atoms with van der Waals surface area (Å²) >= 11 is 0. The van der Waals surface area contributed by atoms with Gasteiger partial charge in [0.05, 0.1) is 12.8 Å². The van der Waals surface area contributed by atoms with Gasteiger partial charge in [0, 0.05) is 0 Å². The van der Waals surface area contributed by atoms with Gasteiger partial charge < -0.3 is 4.74 Å². The molecule has 0 radical (unpaired) electrons. The first kappa shape index (κ1) is 11.2. The summed E-state index contributed by atoms with van der Waals surface area (Å²) in [4.78, 5) is 10.9. The summed E-state index contributed by atoms with van der Waals surface area (Å²) in [6, 6.07) is 7.77. The Morgan fingerprint density at radius 1 is 1.53 bits per heavy atom. The van der Waals surface area contributed by atoms with E-state index in [1.807, 2.05) is 31.2 Å². The fourth-order valence-electron chi connectivity index (χ4n) is 1.05. The Hall–Kier alpha value is -1.84.